The topological polar surface area (TPSA) is 807 Å². The third kappa shape index (κ3) is 45.1. The first kappa shape index (κ1) is 112. The van der Waals surface area contributed by atoms with Crippen molar-refractivity contribution in [3.63, 3.8) is 0 Å². The molecule has 1 aromatic carbocycles. The van der Waals surface area contributed by atoms with Gasteiger partial charge in [0.05, 0.1) is 38.2 Å². The molecule has 0 saturated carbocycles. The number of aliphatic carboxylic acids is 4. The van der Waals surface area contributed by atoms with Crippen molar-refractivity contribution in [2.24, 2.45) is 29.0 Å². The number of phenols is 1. The maximum atomic E-state index is 14.1. The number of carboxylic acid groups (broad SMARTS) is 4. The Bertz CT molecular complexity index is 4180. The maximum Gasteiger partial charge on any atom is 0.326 e. The maximum absolute atomic E-state index is 14.1. The van der Waals surface area contributed by atoms with Crippen LogP contribution in [0, 0.1) is 17.2 Å². The van der Waals surface area contributed by atoms with Crippen molar-refractivity contribution in [1.82, 2.24) is 106 Å². The number of hydrogen-bond donors (Lipinski definition) is 28. The SMILES string of the molecule is CSCC[C@H](NC(=O)[C@H](CCCNC(=N)N)NC(=O)[C@H](CCC(=O)O)NC(=O)[C@H](CC(C)C)NC(=O)[C@H](C)NC(=O)[C@H](CCC(=O)O)NC(=O)[C@H](C)NC(=O)CNC(=O)[C@H](Cc1ccc(O)cc1)NC(=O)[C@H](CCC(=O)O)NC(=O)CNC(=O)[C@H](C)NC(=O)[C@H](Cc1c[nH]cn1)NC(=O)[C@H](C)NC(=O)CNC(=O)[C@@H](NC(=O)[C@H](CCCCN)NC(=O)CN)C(C)C)C(=O)O. The van der Waals surface area contributed by atoms with Crippen molar-refractivity contribution in [3.8, 4) is 5.75 Å². The van der Waals surface area contributed by atoms with Crippen LogP contribution in [0.5, 0.6) is 5.75 Å². The lowest BCUT2D eigenvalue weighted by atomic mass is 10.0. The summed E-state index contributed by atoms with van der Waals surface area (Å²) in [5.74, 6) is -23.6. The lowest BCUT2D eigenvalue weighted by Crippen LogP contribution is -2.59. The summed E-state index contributed by atoms with van der Waals surface area (Å²) < 4.78 is 0. The molecule has 0 spiro atoms. The van der Waals surface area contributed by atoms with Crippen LogP contribution in [-0.2, 0) is 114 Å². The number of nitrogens with one attached hydrogen (secondary N) is 20. The van der Waals surface area contributed by atoms with E-state index in [9.17, 15) is 126 Å². The molecule has 2 aromatic rings. The zero-order valence-electron chi connectivity index (χ0n) is 73.2. The number of unbranched alkanes of at least 4 members (excludes halogenated alkanes) is 1. The molecule has 2 rings (SSSR count). The number of imidazole rings is 1. The summed E-state index contributed by atoms with van der Waals surface area (Å²) in [6.07, 6.45) is 0.642. The van der Waals surface area contributed by atoms with Gasteiger partial charge in [-0.1, -0.05) is 39.8 Å². The molecular weight excluding hydrogens is 1720 g/mol. The highest BCUT2D eigenvalue weighted by Crippen LogP contribution is 2.15. The van der Waals surface area contributed by atoms with Gasteiger partial charge in [-0.15, -0.1) is 0 Å². The zero-order chi connectivity index (χ0) is 97.3. The van der Waals surface area contributed by atoms with Crippen molar-refractivity contribution in [2.45, 2.75) is 236 Å². The molecule has 14 atom stereocenters. The molecule has 718 valence electrons. The number of aromatic nitrogens is 2. The minimum Gasteiger partial charge on any atom is -0.508 e. The fraction of sp³-hybridized carbons (Fsp3) is 0.603. The van der Waals surface area contributed by atoms with Gasteiger partial charge in [0.1, 0.15) is 90.3 Å². The average molecular weight is 1850 g/mol. The molecule has 0 aliphatic heterocycles. The summed E-state index contributed by atoms with van der Waals surface area (Å²) >= 11 is 1.30. The third-order valence-corrected chi connectivity index (χ3v) is 19.6. The number of carbonyl (C=O) groups excluding carboxylic acids is 17. The second kappa shape index (κ2) is 58.8. The normalized spacial score (nSPS) is 14.2. The number of hydrogen-bond acceptors (Lipinski definition) is 27. The number of nitrogens with two attached hydrogens (primary N) is 3. The van der Waals surface area contributed by atoms with Crippen LogP contribution in [0.3, 0.4) is 0 Å². The molecule has 1 heterocycles. The van der Waals surface area contributed by atoms with Gasteiger partial charge in [-0.25, -0.2) is 9.78 Å². The van der Waals surface area contributed by atoms with E-state index in [-0.39, 0.29) is 68.0 Å². The number of phenolic OH excluding ortho intramolecular Hbond substituents is 1. The van der Waals surface area contributed by atoms with E-state index in [1.54, 1.807) is 34.0 Å². The summed E-state index contributed by atoms with van der Waals surface area (Å²) in [6.45, 7) is 8.68. The number of carboxylic acids is 4. The number of amides is 17. The second-order valence-corrected chi connectivity index (χ2v) is 31.7. The molecule has 51 heteroatoms. The summed E-state index contributed by atoms with van der Waals surface area (Å²) in [7, 11) is 0. The predicted molar refractivity (Wildman–Crippen MR) is 460 cm³/mol. The Kier molecular flexibility index (Phi) is 50.9. The summed E-state index contributed by atoms with van der Waals surface area (Å²) in [6, 6.07) is -15.8. The Morgan fingerprint density at radius 1 is 0.411 bits per heavy atom. The van der Waals surface area contributed by atoms with Crippen molar-refractivity contribution < 1.29 is 126 Å². The van der Waals surface area contributed by atoms with Crippen molar-refractivity contribution in [1.29, 1.82) is 5.41 Å². The number of benzene rings is 1. The highest BCUT2D eigenvalue weighted by molar-refractivity contribution is 7.98. The van der Waals surface area contributed by atoms with Crippen LogP contribution in [0.2, 0.25) is 0 Å². The lowest BCUT2D eigenvalue weighted by Gasteiger charge is -2.27. The number of guanidine groups is 1. The quantitative estimate of drug-likeness (QED) is 0.0166. The number of aromatic hydroxyl groups is 1. The van der Waals surface area contributed by atoms with Gasteiger partial charge in [0, 0.05) is 44.8 Å². The van der Waals surface area contributed by atoms with Gasteiger partial charge in [0.25, 0.3) is 0 Å². The smallest absolute Gasteiger partial charge is 0.326 e. The van der Waals surface area contributed by atoms with Crippen LogP contribution in [0.4, 0.5) is 0 Å². The number of carbonyl (C=O) groups is 21. The molecule has 0 saturated heterocycles. The van der Waals surface area contributed by atoms with E-state index in [1.807, 2.05) is 0 Å². The highest BCUT2D eigenvalue weighted by Gasteiger charge is 2.37. The Labute approximate surface area is 746 Å². The number of H-pyrrole nitrogens is 1. The van der Waals surface area contributed by atoms with E-state index >= 15 is 0 Å². The monoisotopic (exact) mass is 1840 g/mol. The van der Waals surface area contributed by atoms with Crippen molar-refractivity contribution >= 4 is 142 Å². The van der Waals surface area contributed by atoms with Crippen LogP contribution in [0.25, 0.3) is 0 Å². The molecule has 129 heavy (non-hydrogen) atoms. The number of aromatic amines is 1. The number of rotatable bonds is 62. The van der Waals surface area contributed by atoms with Gasteiger partial charge in [-0.05, 0) is 140 Å². The average Bonchev–Trinajstić information content (AvgIpc) is 1.66. The zero-order valence-corrected chi connectivity index (χ0v) is 74.0. The van der Waals surface area contributed by atoms with Crippen LogP contribution in [-0.4, -0.2) is 302 Å². The predicted octanol–water partition coefficient (Wildman–Crippen LogP) is -8.40. The number of nitrogens with zero attached hydrogens (tertiary/aromatic N) is 1. The molecule has 0 unspecified atom stereocenters. The molecule has 0 aliphatic carbocycles. The van der Waals surface area contributed by atoms with E-state index in [0.29, 0.717) is 25.1 Å². The minimum atomic E-state index is -1.77. The van der Waals surface area contributed by atoms with E-state index in [0.717, 1.165) is 13.8 Å². The summed E-state index contributed by atoms with van der Waals surface area (Å²) in [5, 5.41) is 99.1. The molecule has 31 N–H and O–H groups in total. The van der Waals surface area contributed by atoms with Crippen LogP contribution in [0.15, 0.2) is 36.8 Å². The fourth-order valence-electron chi connectivity index (χ4n) is 11.9. The van der Waals surface area contributed by atoms with Gasteiger partial charge in [-0.2, -0.15) is 11.8 Å². The molecule has 0 fully saturated rings. The van der Waals surface area contributed by atoms with Crippen LogP contribution >= 0.6 is 11.8 Å². The van der Waals surface area contributed by atoms with Crippen molar-refractivity contribution in [2.75, 3.05) is 51.3 Å². The Hall–Kier alpha value is -13.4. The molecule has 0 bridgehead atoms. The lowest BCUT2D eigenvalue weighted by molar-refractivity contribution is -0.142. The van der Waals surface area contributed by atoms with Gasteiger partial charge < -0.3 is 143 Å². The van der Waals surface area contributed by atoms with E-state index in [1.165, 1.54) is 62.4 Å². The van der Waals surface area contributed by atoms with Gasteiger partial charge in [0.2, 0.25) is 100 Å². The Morgan fingerprint density at radius 2 is 0.798 bits per heavy atom. The van der Waals surface area contributed by atoms with Crippen LogP contribution in [0.1, 0.15) is 150 Å². The third-order valence-electron chi connectivity index (χ3n) is 19.0. The standard InChI is InChI=1S/C78H124N24O26S/c1-38(2)29-53(75(125)97-51(21-24-62(112)113)72(122)96-48(14-12-27-84-78(81)82)70(120)98-52(77(127)128)25-28-129-9)99-67(117)43(8)92-69(119)50(20-23-61(110)111)95-65(115)41(6)89-57(105)34-86-68(118)54(30-44-15-17-46(103)18-16-44)101-71(121)49(19-22-60(108)109)94-59(107)36-85-64(114)40(5)91-74(124)55(31-45-33-83-37-88-45)100-66(116)42(7)90-58(106)35-87-76(126)63(39(3)4)102-73(123)47(13-10-11-26-79)93-56(104)32-80/h15-18,33,37-43,47-55,63,103H,10-14,19-32,34-36,79-80H2,1-9H3,(H,83,88)(H,85,114)(H,86,118)(H,87,126)(H,89,105)(H,90,106)(H,91,124)(H,92,119)(H,93,104)(H,94,107)(H,95,115)(H,96,122)(H,97,125)(H,98,120)(H,99,117)(H,100,116)(H,101,121)(H,102,123)(H,108,109)(H,110,111)(H,112,113)(H,127,128)(H4,81,82,84)/t40-,41-,42-,43-,47-,48-,49-,50-,51-,52-,53-,54-,55-,63-/m0/s1. The van der Waals surface area contributed by atoms with Crippen LogP contribution < -0.4 is 113 Å². The Morgan fingerprint density at radius 3 is 1.26 bits per heavy atom. The molecular formula is C78H124N24O26S. The number of thioether (sulfide) groups is 1. The molecule has 0 aliphatic rings. The van der Waals surface area contributed by atoms with E-state index < -0.39 is 292 Å². The largest absolute Gasteiger partial charge is 0.508 e. The van der Waals surface area contributed by atoms with E-state index in [2.05, 4.69) is 106 Å². The first-order chi connectivity index (χ1) is 60.7. The van der Waals surface area contributed by atoms with E-state index in [4.69, 9.17) is 22.6 Å². The molecule has 17 amide bonds. The summed E-state index contributed by atoms with van der Waals surface area (Å²) in [5.41, 5.74) is 16.9. The summed E-state index contributed by atoms with van der Waals surface area (Å²) in [4.78, 5) is 285. The molecule has 0 radical (unpaired) electrons. The fourth-order valence-corrected chi connectivity index (χ4v) is 12.4. The highest BCUT2D eigenvalue weighted by atomic mass is 32.2. The Balaban J connectivity index is 2.24. The van der Waals surface area contributed by atoms with Gasteiger partial charge in [-0.3, -0.25) is 101 Å². The van der Waals surface area contributed by atoms with Gasteiger partial charge >= 0.3 is 23.9 Å². The molecule has 50 nitrogen and oxygen atoms in total. The first-order valence-corrected chi connectivity index (χ1v) is 42.7. The molecule has 1 aromatic heterocycles. The minimum absolute atomic E-state index is 0.00237. The van der Waals surface area contributed by atoms with Crippen molar-refractivity contribution in [3.05, 3.63) is 48.0 Å². The first-order valence-electron chi connectivity index (χ1n) is 41.3. The van der Waals surface area contributed by atoms with Gasteiger partial charge in [0.15, 0.2) is 5.96 Å². The second-order valence-electron chi connectivity index (χ2n) is 30.7.